The van der Waals surface area contributed by atoms with Gasteiger partial charge in [0.05, 0.1) is 18.8 Å². The predicted octanol–water partition coefficient (Wildman–Crippen LogP) is 6.94. The van der Waals surface area contributed by atoms with Gasteiger partial charge in [0.2, 0.25) is 5.91 Å². The summed E-state index contributed by atoms with van der Waals surface area (Å²) in [7, 11) is 0. The molecular formula is C29H51NO3. The van der Waals surface area contributed by atoms with Gasteiger partial charge in [-0.3, -0.25) is 4.79 Å². The zero-order valence-electron chi connectivity index (χ0n) is 21.4. The van der Waals surface area contributed by atoms with Gasteiger partial charge in [-0.15, -0.1) is 0 Å². The molecule has 0 aliphatic rings. The van der Waals surface area contributed by atoms with Crippen LogP contribution in [-0.2, 0) is 4.79 Å². The maximum absolute atomic E-state index is 12.1. The molecule has 0 aliphatic heterocycles. The number of allylic oxidation sites excluding steroid dienone is 7. The lowest BCUT2D eigenvalue weighted by Crippen LogP contribution is -2.45. The molecule has 0 aromatic heterocycles. The summed E-state index contributed by atoms with van der Waals surface area (Å²) in [6.07, 6.45) is 31.9. The standard InChI is InChI=1S/C29H51NO3/c1-3-5-7-9-11-12-13-14-15-16-17-19-21-23-25-29(33)30-27(26-31)28(32)24-22-20-18-10-8-6-4-2/h8-11,13-14,22,24,27-28,31-32H,3-7,12,15-21,23,25-26H2,1-2H3,(H,30,33)/b10-8+,11-9-,14-13-,24-22+. The summed E-state index contributed by atoms with van der Waals surface area (Å²) in [4.78, 5) is 12.1. The van der Waals surface area contributed by atoms with Crippen molar-refractivity contribution in [1.29, 1.82) is 0 Å². The average molecular weight is 462 g/mol. The summed E-state index contributed by atoms with van der Waals surface area (Å²) >= 11 is 0. The zero-order valence-corrected chi connectivity index (χ0v) is 21.4. The normalized spacial score (nSPS) is 14.2. The minimum atomic E-state index is -0.863. The first-order valence-electron chi connectivity index (χ1n) is 13.4. The molecule has 0 heterocycles. The van der Waals surface area contributed by atoms with Crippen molar-refractivity contribution in [3.63, 3.8) is 0 Å². The average Bonchev–Trinajstić information content (AvgIpc) is 2.82. The van der Waals surface area contributed by atoms with Crippen LogP contribution in [-0.4, -0.2) is 34.9 Å². The summed E-state index contributed by atoms with van der Waals surface area (Å²) in [5, 5.41) is 22.5. The number of nitrogens with one attached hydrogen (secondary N) is 1. The van der Waals surface area contributed by atoms with Crippen LogP contribution < -0.4 is 5.32 Å². The lowest BCUT2D eigenvalue weighted by molar-refractivity contribution is -0.123. The van der Waals surface area contributed by atoms with Gasteiger partial charge in [0, 0.05) is 6.42 Å². The van der Waals surface area contributed by atoms with E-state index in [1.807, 2.05) is 6.08 Å². The van der Waals surface area contributed by atoms with E-state index < -0.39 is 12.1 Å². The Morgan fingerprint density at radius 3 is 2.03 bits per heavy atom. The van der Waals surface area contributed by atoms with Crippen LogP contribution in [0.15, 0.2) is 48.6 Å². The van der Waals surface area contributed by atoms with Crippen molar-refractivity contribution in [2.45, 2.75) is 122 Å². The molecule has 0 aliphatic carbocycles. The molecule has 0 saturated carbocycles. The van der Waals surface area contributed by atoms with Crippen LogP contribution in [0.3, 0.4) is 0 Å². The maximum atomic E-state index is 12.1. The van der Waals surface area contributed by atoms with Gasteiger partial charge in [-0.1, -0.05) is 101 Å². The Labute approximate surface area is 203 Å². The van der Waals surface area contributed by atoms with Crippen LogP contribution in [0.2, 0.25) is 0 Å². The lowest BCUT2D eigenvalue weighted by atomic mass is 10.1. The molecular weight excluding hydrogens is 410 g/mol. The summed E-state index contributed by atoms with van der Waals surface area (Å²) in [5.41, 5.74) is 0. The first-order chi connectivity index (χ1) is 16.2. The smallest absolute Gasteiger partial charge is 0.220 e. The summed E-state index contributed by atoms with van der Waals surface area (Å²) in [6, 6.07) is -0.641. The second kappa shape index (κ2) is 25.0. The van der Waals surface area contributed by atoms with Crippen molar-refractivity contribution < 1.29 is 15.0 Å². The van der Waals surface area contributed by atoms with Gasteiger partial charge in [0.25, 0.3) is 0 Å². The fourth-order valence-electron chi connectivity index (χ4n) is 3.39. The first-order valence-corrected chi connectivity index (χ1v) is 13.4. The quantitative estimate of drug-likeness (QED) is 0.121. The molecule has 0 aromatic carbocycles. The predicted molar refractivity (Wildman–Crippen MR) is 142 cm³/mol. The number of rotatable bonds is 22. The highest BCUT2D eigenvalue weighted by Gasteiger charge is 2.17. The fraction of sp³-hybridized carbons (Fsp3) is 0.690. The molecule has 3 N–H and O–H groups in total. The number of hydrogen-bond donors (Lipinski definition) is 3. The van der Waals surface area contributed by atoms with E-state index in [0.29, 0.717) is 6.42 Å². The molecule has 190 valence electrons. The van der Waals surface area contributed by atoms with E-state index in [1.54, 1.807) is 6.08 Å². The monoisotopic (exact) mass is 461 g/mol. The number of unbranched alkanes of at least 4 members (excludes halogenated alkanes) is 9. The third kappa shape index (κ3) is 21.9. The van der Waals surface area contributed by atoms with E-state index in [4.69, 9.17) is 0 Å². The molecule has 2 unspecified atom stereocenters. The van der Waals surface area contributed by atoms with Gasteiger partial charge in [-0.25, -0.2) is 0 Å². The van der Waals surface area contributed by atoms with Crippen molar-refractivity contribution in [1.82, 2.24) is 5.32 Å². The molecule has 0 radical (unpaired) electrons. The molecule has 0 aromatic rings. The number of carbonyl (C=O) groups is 1. The summed E-state index contributed by atoms with van der Waals surface area (Å²) in [5.74, 6) is -0.0982. The van der Waals surface area contributed by atoms with Gasteiger partial charge in [0.1, 0.15) is 0 Å². The van der Waals surface area contributed by atoms with Gasteiger partial charge in [-0.2, -0.15) is 0 Å². The summed E-state index contributed by atoms with van der Waals surface area (Å²) in [6.45, 7) is 4.10. The van der Waals surface area contributed by atoms with Crippen LogP contribution in [0.1, 0.15) is 110 Å². The molecule has 2 atom stereocenters. The van der Waals surface area contributed by atoms with E-state index in [1.165, 1.54) is 32.1 Å². The maximum Gasteiger partial charge on any atom is 0.220 e. The zero-order chi connectivity index (χ0) is 24.4. The number of aliphatic hydroxyl groups excluding tert-OH is 2. The molecule has 0 saturated heterocycles. The Kier molecular flexibility index (Phi) is 23.7. The highest BCUT2D eigenvalue weighted by Crippen LogP contribution is 2.09. The van der Waals surface area contributed by atoms with Crippen molar-refractivity contribution in [3.05, 3.63) is 48.6 Å². The lowest BCUT2D eigenvalue weighted by Gasteiger charge is -2.19. The van der Waals surface area contributed by atoms with Crippen LogP contribution in [0.25, 0.3) is 0 Å². The van der Waals surface area contributed by atoms with Crippen molar-refractivity contribution in [3.8, 4) is 0 Å². The molecule has 0 bridgehead atoms. The van der Waals surface area contributed by atoms with Crippen molar-refractivity contribution in [2.75, 3.05) is 6.61 Å². The van der Waals surface area contributed by atoms with E-state index in [9.17, 15) is 15.0 Å². The first kappa shape index (κ1) is 31.4. The minimum Gasteiger partial charge on any atom is -0.394 e. The third-order valence-corrected chi connectivity index (χ3v) is 5.52. The van der Waals surface area contributed by atoms with E-state index in [-0.39, 0.29) is 12.5 Å². The van der Waals surface area contributed by atoms with Crippen molar-refractivity contribution >= 4 is 5.91 Å². The van der Waals surface area contributed by atoms with Gasteiger partial charge in [0.15, 0.2) is 0 Å². The Hall–Kier alpha value is -1.65. The Morgan fingerprint density at radius 2 is 1.33 bits per heavy atom. The fourth-order valence-corrected chi connectivity index (χ4v) is 3.39. The highest BCUT2D eigenvalue weighted by molar-refractivity contribution is 5.76. The Balaban J connectivity index is 3.77. The van der Waals surface area contributed by atoms with Crippen LogP contribution in [0.4, 0.5) is 0 Å². The minimum absolute atomic E-state index is 0.0982. The number of aliphatic hydroxyl groups is 2. The molecule has 0 spiro atoms. The van der Waals surface area contributed by atoms with E-state index in [2.05, 4.69) is 55.6 Å². The number of amides is 1. The second-order valence-corrected chi connectivity index (χ2v) is 8.74. The van der Waals surface area contributed by atoms with Crippen LogP contribution in [0.5, 0.6) is 0 Å². The van der Waals surface area contributed by atoms with Crippen LogP contribution in [0, 0.1) is 0 Å². The molecule has 0 rings (SSSR count). The van der Waals surface area contributed by atoms with Crippen LogP contribution >= 0.6 is 0 Å². The Morgan fingerprint density at radius 1 is 0.727 bits per heavy atom. The SMILES string of the molecule is CCC/C=C/CC/C=C/C(O)C(CO)NC(=O)CCCCCCC/C=C\C/C=C\CCCC. The number of hydrogen-bond acceptors (Lipinski definition) is 3. The van der Waals surface area contributed by atoms with E-state index in [0.717, 1.165) is 57.8 Å². The highest BCUT2D eigenvalue weighted by atomic mass is 16.3. The van der Waals surface area contributed by atoms with Crippen molar-refractivity contribution in [2.24, 2.45) is 0 Å². The van der Waals surface area contributed by atoms with Gasteiger partial charge < -0.3 is 15.5 Å². The second-order valence-electron chi connectivity index (χ2n) is 8.74. The number of carbonyl (C=O) groups excluding carboxylic acids is 1. The largest absolute Gasteiger partial charge is 0.394 e. The van der Waals surface area contributed by atoms with Gasteiger partial charge in [-0.05, 0) is 51.4 Å². The van der Waals surface area contributed by atoms with E-state index >= 15 is 0 Å². The molecule has 1 amide bonds. The third-order valence-electron chi connectivity index (χ3n) is 5.52. The van der Waals surface area contributed by atoms with Gasteiger partial charge >= 0.3 is 0 Å². The molecule has 0 fully saturated rings. The topological polar surface area (TPSA) is 69.6 Å². The Bertz CT molecular complexity index is 551. The molecule has 4 nitrogen and oxygen atoms in total. The summed E-state index contributed by atoms with van der Waals surface area (Å²) < 4.78 is 0. The molecule has 33 heavy (non-hydrogen) atoms. The molecule has 4 heteroatoms.